The van der Waals surface area contributed by atoms with Gasteiger partial charge in [0, 0.05) is 13.7 Å². The predicted molar refractivity (Wildman–Crippen MR) is 58.4 cm³/mol. The van der Waals surface area contributed by atoms with Crippen LogP contribution in [0.1, 0.15) is 26.2 Å². The third-order valence-electron chi connectivity index (χ3n) is 2.08. The Morgan fingerprint density at radius 1 is 1.60 bits per heavy atom. The fourth-order valence-corrected chi connectivity index (χ4v) is 1.16. The van der Waals surface area contributed by atoms with Crippen LogP contribution in [0.15, 0.2) is 0 Å². The number of ether oxygens (including phenoxy) is 1. The Morgan fingerprint density at radius 3 is 2.80 bits per heavy atom. The second-order valence-corrected chi connectivity index (χ2v) is 3.60. The van der Waals surface area contributed by atoms with Gasteiger partial charge in [-0.3, -0.25) is 4.79 Å². The lowest BCUT2D eigenvalue weighted by Gasteiger charge is -2.14. The molecular formula is C10H22N2O3. The van der Waals surface area contributed by atoms with E-state index in [1.54, 1.807) is 0 Å². The summed E-state index contributed by atoms with van der Waals surface area (Å²) in [5.74, 6) is -0.210. The minimum absolute atomic E-state index is 0.187. The largest absolute Gasteiger partial charge is 0.389 e. The molecule has 15 heavy (non-hydrogen) atoms. The molecule has 0 fully saturated rings. The summed E-state index contributed by atoms with van der Waals surface area (Å²) in [5.41, 5.74) is 5.64. The molecule has 0 aromatic heterocycles. The second kappa shape index (κ2) is 8.64. The first-order valence-electron chi connectivity index (χ1n) is 5.32. The Labute approximate surface area is 91.0 Å². The first-order valence-corrected chi connectivity index (χ1v) is 5.32. The Morgan fingerprint density at radius 2 is 2.27 bits per heavy atom. The summed E-state index contributed by atoms with van der Waals surface area (Å²) >= 11 is 0. The zero-order valence-electron chi connectivity index (χ0n) is 9.53. The van der Waals surface area contributed by atoms with Crippen molar-refractivity contribution in [1.29, 1.82) is 0 Å². The molecule has 0 radical (unpaired) electrons. The van der Waals surface area contributed by atoms with Gasteiger partial charge in [0.2, 0.25) is 5.91 Å². The fraction of sp³-hybridized carbons (Fsp3) is 0.900. The van der Waals surface area contributed by atoms with Crippen LogP contribution in [-0.2, 0) is 9.53 Å². The molecule has 0 saturated carbocycles. The van der Waals surface area contributed by atoms with Gasteiger partial charge in [-0.2, -0.15) is 0 Å². The second-order valence-electron chi connectivity index (χ2n) is 3.60. The number of nitrogens with two attached hydrogens (primary N) is 1. The lowest BCUT2D eigenvalue weighted by atomic mass is 10.1. The molecule has 5 heteroatoms. The van der Waals surface area contributed by atoms with Gasteiger partial charge in [0.25, 0.3) is 0 Å². The normalized spacial score (nSPS) is 14.7. The van der Waals surface area contributed by atoms with Crippen molar-refractivity contribution < 1.29 is 14.6 Å². The lowest BCUT2D eigenvalue weighted by Crippen LogP contribution is -2.44. The molecule has 0 aliphatic heterocycles. The third-order valence-corrected chi connectivity index (χ3v) is 2.08. The molecule has 5 nitrogen and oxygen atoms in total. The summed E-state index contributed by atoms with van der Waals surface area (Å²) in [6.45, 7) is 2.45. The maximum Gasteiger partial charge on any atom is 0.237 e. The number of unbranched alkanes of at least 4 members (excludes halogenated alkanes) is 1. The molecule has 4 N–H and O–H groups in total. The van der Waals surface area contributed by atoms with Crippen LogP contribution in [0.2, 0.25) is 0 Å². The summed E-state index contributed by atoms with van der Waals surface area (Å²) < 4.78 is 4.73. The van der Waals surface area contributed by atoms with Gasteiger partial charge in [0.05, 0.1) is 18.8 Å². The molecule has 0 saturated heterocycles. The average molecular weight is 218 g/mol. The van der Waals surface area contributed by atoms with Crippen LogP contribution in [0, 0.1) is 0 Å². The fourth-order valence-electron chi connectivity index (χ4n) is 1.16. The van der Waals surface area contributed by atoms with Crippen molar-refractivity contribution in [1.82, 2.24) is 5.32 Å². The van der Waals surface area contributed by atoms with Crippen LogP contribution in [-0.4, -0.2) is 43.4 Å². The number of aliphatic hydroxyl groups excluding tert-OH is 1. The number of carbonyl (C=O) groups excluding carboxylic acids is 1. The zero-order valence-corrected chi connectivity index (χ0v) is 9.53. The minimum Gasteiger partial charge on any atom is -0.389 e. The van der Waals surface area contributed by atoms with Crippen molar-refractivity contribution in [3.63, 3.8) is 0 Å². The minimum atomic E-state index is -0.669. The van der Waals surface area contributed by atoms with E-state index in [1.165, 1.54) is 7.11 Å². The van der Waals surface area contributed by atoms with Gasteiger partial charge in [0.15, 0.2) is 0 Å². The molecule has 2 atom stereocenters. The van der Waals surface area contributed by atoms with Gasteiger partial charge in [-0.25, -0.2) is 0 Å². The van der Waals surface area contributed by atoms with E-state index < -0.39 is 12.1 Å². The number of rotatable bonds is 8. The Kier molecular flexibility index (Phi) is 8.27. The van der Waals surface area contributed by atoms with Crippen molar-refractivity contribution in [2.75, 3.05) is 20.3 Å². The number of hydrogen-bond acceptors (Lipinski definition) is 4. The van der Waals surface area contributed by atoms with E-state index in [0.717, 1.165) is 12.8 Å². The molecule has 0 aromatic carbocycles. The Bertz CT molecular complexity index is 176. The molecular weight excluding hydrogens is 196 g/mol. The third kappa shape index (κ3) is 7.30. The number of amides is 1. The molecule has 0 bridgehead atoms. The van der Waals surface area contributed by atoms with Crippen molar-refractivity contribution >= 4 is 5.91 Å². The molecule has 90 valence electrons. The maximum absolute atomic E-state index is 11.4. The van der Waals surface area contributed by atoms with Crippen LogP contribution in [0.5, 0.6) is 0 Å². The lowest BCUT2D eigenvalue weighted by molar-refractivity contribution is -0.123. The molecule has 0 aliphatic carbocycles. The van der Waals surface area contributed by atoms with Crippen LogP contribution in [0.25, 0.3) is 0 Å². The van der Waals surface area contributed by atoms with E-state index in [9.17, 15) is 9.90 Å². The number of methoxy groups -OCH3 is 1. The van der Waals surface area contributed by atoms with Gasteiger partial charge in [-0.15, -0.1) is 0 Å². The molecule has 0 aliphatic rings. The summed E-state index contributed by atoms with van der Waals surface area (Å²) in [6, 6.07) is -0.473. The number of hydrogen-bond donors (Lipinski definition) is 3. The monoisotopic (exact) mass is 218 g/mol. The molecule has 0 aromatic rings. The van der Waals surface area contributed by atoms with Crippen LogP contribution in [0.4, 0.5) is 0 Å². The van der Waals surface area contributed by atoms with E-state index in [-0.39, 0.29) is 19.1 Å². The van der Waals surface area contributed by atoms with Crippen molar-refractivity contribution in [2.24, 2.45) is 5.73 Å². The van der Waals surface area contributed by atoms with Gasteiger partial charge in [-0.1, -0.05) is 19.8 Å². The van der Waals surface area contributed by atoms with E-state index in [4.69, 9.17) is 10.5 Å². The zero-order chi connectivity index (χ0) is 11.7. The SMILES string of the molecule is CCCC[C@H](N)C(=O)NCC(O)COC. The van der Waals surface area contributed by atoms with E-state index in [2.05, 4.69) is 5.32 Å². The van der Waals surface area contributed by atoms with Crippen LogP contribution < -0.4 is 11.1 Å². The van der Waals surface area contributed by atoms with Crippen LogP contribution in [0.3, 0.4) is 0 Å². The van der Waals surface area contributed by atoms with Gasteiger partial charge >= 0.3 is 0 Å². The molecule has 1 unspecified atom stereocenters. The Hall–Kier alpha value is -0.650. The summed E-state index contributed by atoms with van der Waals surface area (Å²) in [4.78, 5) is 11.4. The van der Waals surface area contributed by atoms with Gasteiger partial charge in [0.1, 0.15) is 0 Å². The number of carbonyl (C=O) groups is 1. The first-order chi connectivity index (χ1) is 7.11. The molecule has 0 rings (SSSR count). The summed E-state index contributed by atoms with van der Waals surface area (Å²) in [5, 5.41) is 11.9. The number of nitrogens with one attached hydrogen (secondary N) is 1. The predicted octanol–water partition coefficient (Wildman–Crippen LogP) is -0.373. The highest BCUT2D eigenvalue weighted by atomic mass is 16.5. The topological polar surface area (TPSA) is 84.6 Å². The summed E-state index contributed by atoms with van der Waals surface area (Å²) in [6.07, 6.45) is 1.97. The highest BCUT2D eigenvalue weighted by Gasteiger charge is 2.13. The van der Waals surface area contributed by atoms with E-state index >= 15 is 0 Å². The quantitative estimate of drug-likeness (QED) is 0.519. The highest BCUT2D eigenvalue weighted by Crippen LogP contribution is 1.97. The van der Waals surface area contributed by atoms with Gasteiger partial charge in [-0.05, 0) is 6.42 Å². The van der Waals surface area contributed by atoms with Crippen molar-refractivity contribution in [3.8, 4) is 0 Å². The molecule has 0 spiro atoms. The Balaban J connectivity index is 3.63. The van der Waals surface area contributed by atoms with E-state index in [0.29, 0.717) is 6.42 Å². The molecule has 0 heterocycles. The number of aliphatic hydroxyl groups is 1. The van der Waals surface area contributed by atoms with Crippen molar-refractivity contribution in [2.45, 2.75) is 38.3 Å². The average Bonchev–Trinajstić information content (AvgIpc) is 2.22. The van der Waals surface area contributed by atoms with Gasteiger partial charge < -0.3 is 20.9 Å². The van der Waals surface area contributed by atoms with Crippen molar-refractivity contribution in [3.05, 3.63) is 0 Å². The van der Waals surface area contributed by atoms with Crippen LogP contribution >= 0.6 is 0 Å². The highest BCUT2D eigenvalue weighted by molar-refractivity contribution is 5.81. The smallest absolute Gasteiger partial charge is 0.237 e. The molecule has 1 amide bonds. The maximum atomic E-state index is 11.4. The summed E-state index contributed by atoms with van der Waals surface area (Å²) in [7, 11) is 1.50. The first kappa shape index (κ1) is 14.3. The van der Waals surface area contributed by atoms with E-state index in [1.807, 2.05) is 6.92 Å². The standard InChI is InChI=1S/C10H22N2O3/c1-3-4-5-9(11)10(14)12-6-8(13)7-15-2/h8-9,13H,3-7,11H2,1-2H3,(H,12,14)/t8?,9-/m0/s1.